The van der Waals surface area contributed by atoms with Crippen molar-refractivity contribution in [3.63, 3.8) is 0 Å². The number of aryl methyl sites for hydroxylation is 1. The van der Waals surface area contributed by atoms with E-state index >= 15 is 0 Å². The lowest BCUT2D eigenvalue weighted by molar-refractivity contribution is -0.946. The fraction of sp³-hybridized carbons (Fsp3) is 0.526. The molecular formula is C19H24NO4+. The van der Waals surface area contributed by atoms with Crippen molar-refractivity contribution in [1.29, 1.82) is 0 Å². The first-order chi connectivity index (χ1) is 11.5. The van der Waals surface area contributed by atoms with E-state index in [4.69, 9.17) is 9.15 Å². The number of nitrogens with zero attached hydrogens (tertiary/aromatic N) is 1. The second-order valence-corrected chi connectivity index (χ2v) is 7.35. The molecule has 2 aromatic rings. The highest BCUT2D eigenvalue weighted by molar-refractivity contribution is 5.81. The molecular weight excluding hydrogens is 306 g/mol. The van der Waals surface area contributed by atoms with Gasteiger partial charge in [0.15, 0.2) is 0 Å². The van der Waals surface area contributed by atoms with Crippen LogP contribution in [0.2, 0.25) is 0 Å². The minimum Gasteiger partial charge on any atom is -0.488 e. The largest absolute Gasteiger partial charge is 0.488 e. The first-order valence-corrected chi connectivity index (χ1v) is 8.75. The summed E-state index contributed by atoms with van der Waals surface area (Å²) in [5.41, 5.74) is 1.15. The molecule has 3 aliphatic rings. The maximum absolute atomic E-state index is 11.5. The smallest absolute Gasteiger partial charge is 0.336 e. The lowest BCUT2D eigenvalue weighted by atomic mass is 9.83. The van der Waals surface area contributed by atoms with Crippen LogP contribution in [-0.4, -0.2) is 48.5 Å². The van der Waals surface area contributed by atoms with Gasteiger partial charge >= 0.3 is 5.63 Å². The van der Waals surface area contributed by atoms with Crippen LogP contribution in [0.4, 0.5) is 0 Å². The summed E-state index contributed by atoms with van der Waals surface area (Å²) in [5, 5.41) is 11.1. The number of quaternary nitrogens is 1. The zero-order chi connectivity index (χ0) is 16.7. The molecule has 5 rings (SSSR count). The van der Waals surface area contributed by atoms with E-state index in [0.29, 0.717) is 18.1 Å². The quantitative estimate of drug-likeness (QED) is 0.689. The van der Waals surface area contributed by atoms with Gasteiger partial charge in [-0.3, -0.25) is 0 Å². The summed E-state index contributed by atoms with van der Waals surface area (Å²) < 4.78 is 12.2. The lowest BCUT2D eigenvalue weighted by Crippen LogP contribution is -2.64. The molecule has 0 spiro atoms. The minimum absolute atomic E-state index is 0.148. The number of benzene rings is 1. The second-order valence-electron chi connectivity index (χ2n) is 7.35. The average Bonchev–Trinajstić information content (AvgIpc) is 2.55. The maximum atomic E-state index is 11.5. The zero-order valence-electron chi connectivity index (χ0n) is 14.0. The molecule has 0 saturated carbocycles. The topological polar surface area (TPSA) is 59.7 Å². The molecule has 2 bridgehead atoms. The van der Waals surface area contributed by atoms with Crippen LogP contribution < -0.4 is 10.4 Å². The van der Waals surface area contributed by atoms with Crippen molar-refractivity contribution in [2.75, 3.05) is 32.8 Å². The Balaban J connectivity index is 1.44. The number of rotatable bonds is 4. The van der Waals surface area contributed by atoms with Crippen molar-refractivity contribution in [3.05, 3.63) is 40.2 Å². The molecule has 1 atom stereocenters. The van der Waals surface area contributed by atoms with Crippen molar-refractivity contribution in [3.8, 4) is 5.75 Å². The molecule has 1 aromatic heterocycles. The van der Waals surface area contributed by atoms with E-state index in [0.717, 1.165) is 60.2 Å². The number of fused-ring (bicyclic) bond motifs is 4. The number of hydrogen-bond donors (Lipinski definition) is 1. The van der Waals surface area contributed by atoms with Crippen LogP contribution in [0.25, 0.3) is 11.0 Å². The Morgan fingerprint density at radius 3 is 2.83 bits per heavy atom. The van der Waals surface area contributed by atoms with E-state index < -0.39 is 0 Å². The number of aliphatic hydroxyl groups excluding tert-OH is 1. The molecule has 5 nitrogen and oxygen atoms in total. The average molecular weight is 330 g/mol. The molecule has 1 N–H and O–H groups in total. The Kier molecular flexibility index (Phi) is 3.85. The summed E-state index contributed by atoms with van der Waals surface area (Å²) >= 11 is 0. The van der Waals surface area contributed by atoms with Gasteiger partial charge in [-0.25, -0.2) is 4.79 Å². The van der Waals surface area contributed by atoms with E-state index in [1.54, 1.807) is 6.07 Å². The second kappa shape index (κ2) is 5.90. The number of hydrogen-bond acceptors (Lipinski definition) is 4. The fourth-order valence-electron chi connectivity index (χ4n) is 4.32. The third-order valence-electron chi connectivity index (χ3n) is 5.82. The van der Waals surface area contributed by atoms with Gasteiger partial charge in [0.1, 0.15) is 37.1 Å². The summed E-state index contributed by atoms with van der Waals surface area (Å²) in [4.78, 5) is 11.5. The van der Waals surface area contributed by atoms with E-state index in [2.05, 4.69) is 0 Å². The van der Waals surface area contributed by atoms with Gasteiger partial charge < -0.3 is 18.7 Å². The predicted octanol–water partition coefficient (Wildman–Crippen LogP) is 2.08. The van der Waals surface area contributed by atoms with Crippen LogP contribution in [0.15, 0.2) is 33.5 Å². The Hall–Kier alpha value is -1.85. The molecule has 1 unspecified atom stereocenters. The monoisotopic (exact) mass is 330 g/mol. The van der Waals surface area contributed by atoms with Gasteiger partial charge in [-0.15, -0.1) is 0 Å². The Labute approximate surface area is 141 Å². The van der Waals surface area contributed by atoms with Crippen molar-refractivity contribution >= 4 is 11.0 Å². The third kappa shape index (κ3) is 2.82. The predicted molar refractivity (Wildman–Crippen MR) is 91.2 cm³/mol. The van der Waals surface area contributed by atoms with E-state index in [9.17, 15) is 9.90 Å². The summed E-state index contributed by atoms with van der Waals surface area (Å²) in [6.07, 6.45) is 2.11. The molecule has 5 heteroatoms. The minimum atomic E-state index is -0.333. The highest BCUT2D eigenvalue weighted by Crippen LogP contribution is 2.33. The Morgan fingerprint density at radius 2 is 2.08 bits per heavy atom. The number of ether oxygens (including phenoxy) is 1. The summed E-state index contributed by atoms with van der Waals surface area (Å²) in [6, 6.07) is 7.16. The SMILES string of the molecule is Cc1cc(=O)oc2cc(OCC[N+]34CCC(CC3)C(O)C4)ccc12. The third-order valence-corrected chi connectivity index (χ3v) is 5.82. The van der Waals surface area contributed by atoms with Gasteiger partial charge in [-0.2, -0.15) is 0 Å². The first kappa shape index (κ1) is 15.7. The first-order valence-electron chi connectivity index (χ1n) is 8.75. The normalized spacial score (nSPS) is 29.1. The van der Waals surface area contributed by atoms with Gasteiger partial charge in [-0.05, 0) is 24.6 Å². The molecule has 0 aliphatic carbocycles. The highest BCUT2D eigenvalue weighted by Gasteiger charge is 2.44. The molecule has 3 aliphatic heterocycles. The van der Waals surface area contributed by atoms with E-state index in [1.165, 1.54) is 6.07 Å². The molecule has 3 fully saturated rings. The highest BCUT2D eigenvalue weighted by atomic mass is 16.5. The van der Waals surface area contributed by atoms with Crippen molar-refractivity contribution in [1.82, 2.24) is 0 Å². The summed E-state index contributed by atoms with van der Waals surface area (Å²) in [5.74, 6) is 1.24. The molecule has 128 valence electrons. The van der Waals surface area contributed by atoms with Crippen LogP contribution in [0, 0.1) is 12.8 Å². The standard InChI is InChI=1S/C19H24NO4/c1-13-10-19(22)24-18-11-15(2-3-16(13)18)23-9-8-20-6-4-14(5-7-20)17(21)12-20/h2-3,10-11,14,17,21H,4-9,12H2,1H3/q+1. The van der Waals surface area contributed by atoms with Gasteiger partial charge in [0.05, 0.1) is 13.1 Å². The van der Waals surface area contributed by atoms with Crippen molar-refractivity contribution in [2.45, 2.75) is 25.9 Å². The molecule has 24 heavy (non-hydrogen) atoms. The Morgan fingerprint density at radius 1 is 1.29 bits per heavy atom. The molecule has 3 saturated heterocycles. The molecule has 0 amide bonds. The van der Waals surface area contributed by atoms with Crippen LogP contribution in [0.3, 0.4) is 0 Å². The van der Waals surface area contributed by atoms with E-state index in [-0.39, 0.29) is 11.7 Å². The van der Waals surface area contributed by atoms with Crippen LogP contribution >= 0.6 is 0 Å². The fourth-order valence-corrected chi connectivity index (χ4v) is 4.32. The lowest BCUT2D eigenvalue weighted by Gasteiger charge is -2.51. The van der Waals surface area contributed by atoms with Gasteiger partial charge in [0.25, 0.3) is 0 Å². The van der Waals surface area contributed by atoms with Crippen molar-refractivity contribution < 1.29 is 18.7 Å². The van der Waals surface area contributed by atoms with Crippen LogP contribution in [0.5, 0.6) is 5.75 Å². The van der Waals surface area contributed by atoms with Crippen molar-refractivity contribution in [2.24, 2.45) is 5.92 Å². The van der Waals surface area contributed by atoms with Crippen LogP contribution in [0.1, 0.15) is 18.4 Å². The maximum Gasteiger partial charge on any atom is 0.336 e. The van der Waals surface area contributed by atoms with Gasteiger partial charge in [0, 0.05) is 36.3 Å². The van der Waals surface area contributed by atoms with Gasteiger partial charge in [-0.1, -0.05) is 0 Å². The molecule has 4 heterocycles. The van der Waals surface area contributed by atoms with Crippen LogP contribution in [-0.2, 0) is 0 Å². The number of piperidine rings is 3. The number of aliphatic hydroxyl groups is 1. The van der Waals surface area contributed by atoms with E-state index in [1.807, 2.05) is 19.1 Å². The molecule has 1 aromatic carbocycles. The zero-order valence-corrected chi connectivity index (χ0v) is 14.0. The molecule has 0 radical (unpaired) electrons. The Bertz CT molecular complexity index is 805. The summed E-state index contributed by atoms with van der Waals surface area (Å²) in [7, 11) is 0. The summed E-state index contributed by atoms with van der Waals surface area (Å²) in [6.45, 7) is 6.59. The van der Waals surface area contributed by atoms with Gasteiger partial charge in [0.2, 0.25) is 0 Å².